The predicted molar refractivity (Wildman–Crippen MR) is 114 cm³/mol. The van der Waals surface area contributed by atoms with E-state index in [4.69, 9.17) is 16.6 Å². The van der Waals surface area contributed by atoms with Crippen LogP contribution < -0.4 is 0 Å². The van der Waals surface area contributed by atoms with Gasteiger partial charge < -0.3 is 0 Å². The van der Waals surface area contributed by atoms with Gasteiger partial charge in [-0.25, -0.2) is 4.98 Å². The minimum atomic E-state index is -0.00709. The zero-order chi connectivity index (χ0) is 18.8. The quantitative estimate of drug-likeness (QED) is 0.346. The maximum atomic E-state index is 6.31. The second kappa shape index (κ2) is 5.68. The number of nitrogens with zero attached hydrogens (tertiary/aromatic N) is 1. The van der Waals surface area contributed by atoms with E-state index in [0.717, 1.165) is 27.2 Å². The first-order valence-electron chi connectivity index (χ1n) is 9.27. The average Bonchev–Trinajstić information content (AvgIpc) is 2.90. The number of hydrogen-bond acceptors (Lipinski definition) is 1. The Balaban J connectivity index is 1.73. The summed E-state index contributed by atoms with van der Waals surface area (Å²) in [4.78, 5) is 4.89. The highest BCUT2D eigenvalue weighted by Gasteiger charge is 2.36. The Labute approximate surface area is 164 Å². The number of halogens is 1. The van der Waals surface area contributed by atoms with Gasteiger partial charge in [-0.05, 0) is 71.1 Å². The molecule has 4 aromatic rings. The van der Waals surface area contributed by atoms with Crippen LogP contribution in [0.4, 0.5) is 0 Å². The van der Waals surface area contributed by atoms with E-state index in [0.29, 0.717) is 0 Å². The van der Waals surface area contributed by atoms with Crippen molar-refractivity contribution in [3.8, 4) is 22.4 Å². The predicted octanol–water partition coefficient (Wildman–Crippen LogP) is 7.17. The molecule has 132 valence electrons. The third-order valence-corrected chi connectivity index (χ3v) is 6.18. The summed E-state index contributed by atoms with van der Waals surface area (Å²) in [6.07, 6.45) is 0. The molecule has 3 aromatic carbocycles. The number of aryl methyl sites for hydroxylation is 1. The normalized spacial score (nSPS) is 14.2. The van der Waals surface area contributed by atoms with Crippen molar-refractivity contribution in [1.82, 2.24) is 4.98 Å². The fourth-order valence-electron chi connectivity index (χ4n) is 4.45. The van der Waals surface area contributed by atoms with Crippen LogP contribution in [-0.2, 0) is 5.41 Å². The molecule has 5 rings (SSSR count). The minimum absolute atomic E-state index is 0.00709. The highest BCUT2D eigenvalue weighted by atomic mass is 35.5. The van der Waals surface area contributed by atoms with Crippen molar-refractivity contribution in [2.45, 2.75) is 26.2 Å². The molecule has 1 aliphatic rings. The maximum absolute atomic E-state index is 6.31. The summed E-state index contributed by atoms with van der Waals surface area (Å²) in [6, 6.07) is 23.4. The molecule has 0 radical (unpaired) electrons. The van der Waals surface area contributed by atoms with Crippen molar-refractivity contribution in [2.24, 2.45) is 0 Å². The number of hydrogen-bond donors (Lipinski definition) is 0. The van der Waals surface area contributed by atoms with Gasteiger partial charge in [0.25, 0.3) is 0 Å². The summed E-state index contributed by atoms with van der Waals surface area (Å²) in [5, 5.41) is 1.74. The number of rotatable bonds is 1. The van der Waals surface area contributed by atoms with Gasteiger partial charge in [-0.3, -0.25) is 0 Å². The highest BCUT2D eigenvalue weighted by Crippen LogP contribution is 2.50. The molecule has 0 N–H and O–H groups in total. The SMILES string of the molecule is Cc1cc(-c2ccc3c(Cl)cccc3n2)cc2c1-c1ccccc1C2(C)C. The fraction of sp³-hybridized carbons (Fsp3) is 0.160. The molecule has 27 heavy (non-hydrogen) atoms. The van der Waals surface area contributed by atoms with Crippen molar-refractivity contribution in [3.05, 3.63) is 88.4 Å². The van der Waals surface area contributed by atoms with Crippen molar-refractivity contribution in [3.63, 3.8) is 0 Å². The Bertz CT molecular complexity index is 1220. The molecule has 1 aliphatic carbocycles. The molecule has 0 spiro atoms. The Kier molecular flexibility index (Phi) is 3.47. The molecule has 0 saturated carbocycles. The van der Waals surface area contributed by atoms with Gasteiger partial charge in [0.05, 0.1) is 11.2 Å². The third-order valence-electron chi connectivity index (χ3n) is 5.85. The lowest BCUT2D eigenvalue weighted by atomic mass is 9.81. The van der Waals surface area contributed by atoms with Crippen molar-refractivity contribution in [1.29, 1.82) is 0 Å². The van der Waals surface area contributed by atoms with Crippen molar-refractivity contribution >= 4 is 22.5 Å². The third kappa shape index (κ3) is 2.35. The monoisotopic (exact) mass is 369 g/mol. The molecule has 0 saturated heterocycles. The first-order valence-corrected chi connectivity index (χ1v) is 9.65. The van der Waals surface area contributed by atoms with E-state index in [1.165, 1.54) is 27.8 Å². The van der Waals surface area contributed by atoms with Crippen LogP contribution in [0.3, 0.4) is 0 Å². The van der Waals surface area contributed by atoms with E-state index in [1.54, 1.807) is 0 Å². The zero-order valence-electron chi connectivity index (χ0n) is 15.7. The van der Waals surface area contributed by atoms with Crippen LogP contribution in [0.1, 0.15) is 30.5 Å². The molecule has 0 bridgehead atoms. The molecule has 1 nitrogen and oxygen atoms in total. The molecular weight excluding hydrogens is 350 g/mol. The molecule has 0 unspecified atom stereocenters. The number of pyridine rings is 1. The Morgan fingerprint density at radius 1 is 0.852 bits per heavy atom. The van der Waals surface area contributed by atoms with E-state index in [9.17, 15) is 0 Å². The van der Waals surface area contributed by atoms with Gasteiger partial charge in [0.2, 0.25) is 0 Å². The molecule has 1 aromatic heterocycles. The summed E-state index contributed by atoms with van der Waals surface area (Å²) >= 11 is 6.31. The second-order valence-electron chi connectivity index (χ2n) is 7.89. The fourth-order valence-corrected chi connectivity index (χ4v) is 4.69. The second-order valence-corrected chi connectivity index (χ2v) is 8.30. The van der Waals surface area contributed by atoms with Gasteiger partial charge in [0.1, 0.15) is 0 Å². The largest absolute Gasteiger partial charge is 0.248 e. The smallest absolute Gasteiger partial charge is 0.0724 e. The summed E-state index contributed by atoms with van der Waals surface area (Å²) in [5.41, 5.74) is 9.89. The lowest BCUT2D eigenvalue weighted by Gasteiger charge is -2.22. The topological polar surface area (TPSA) is 12.9 Å². The first-order chi connectivity index (χ1) is 13.0. The molecule has 1 heterocycles. The minimum Gasteiger partial charge on any atom is -0.248 e. The molecular formula is C25H20ClN. The number of fused-ring (bicyclic) bond motifs is 4. The van der Waals surface area contributed by atoms with Crippen LogP contribution >= 0.6 is 11.6 Å². The van der Waals surface area contributed by atoms with Gasteiger partial charge in [0, 0.05) is 21.4 Å². The van der Waals surface area contributed by atoms with E-state index in [1.807, 2.05) is 18.2 Å². The summed E-state index contributed by atoms with van der Waals surface area (Å²) < 4.78 is 0. The molecule has 0 amide bonds. The first kappa shape index (κ1) is 16.5. The van der Waals surface area contributed by atoms with Gasteiger partial charge >= 0.3 is 0 Å². The van der Waals surface area contributed by atoms with Gasteiger partial charge in [-0.2, -0.15) is 0 Å². The highest BCUT2D eigenvalue weighted by molar-refractivity contribution is 6.35. The Morgan fingerprint density at radius 3 is 2.52 bits per heavy atom. The van der Waals surface area contributed by atoms with Gasteiger partial charge in [-0.1, -0.05) is 55.8 Å². The van der Waals surface area contributed by atoms with E-state index < -0.39 is 0 Å². The Morgan fingerprint density at radius 2 is 1.67 bits per heavy atom. The summed E-state index contributed by atoms with van der Waals surface area (Å²) in [6.45, 7) is 6.83. The van der Waals surface area contributed by atoms with Crippen LogP contribution in [-0.4, -0.2) is 4.98 Å². The van der Waals surface area contributed by atoms with Crippen molar-refractivity contribution < 1.29 is 0 Å². The van der Waals surface area contributed by atoms with E-state index in [2.05, 4.69) is 69.3 Å². The Hall–Kier alpha value is -2.64. The number of benzene rings is 3. The lowest BCUT2D eigenvalue weighted by Crippen LogP contribution is -2.15. The van der Waals surface area contributed by atoms with E-state index in [-0.39, 0.29) is 5.41 Å². The average molecular weight is 370 g/mol. The molecule has 2 heteroatoms. The maximum Gasteiger partial charge on any atom is 0.0724 e. The van der Waals surface area contributed by atoms with Crippen LogP contribution in [0.25, 0.3) is 33.3 Å². The van der Waals surface area contributed by atoms with Crippen LogP contribution in [0.2, 0.25) is 5.02 Å². The van der Waals surface area contributed by atoms with Gasteiger partial charge in [-0.15, -0.1) is 0 Å². The number of aromatic nitrogens is 1. The summed E-state index contributed by atoms with van der Waals surface area (Å²) in [5.74, 6) is 0. The van der Waals surface area contributed by atoms with Gasteiger partial charge in [0.15, 0.2) is 0 Å². The molecule has 0 aliphatic heterocycles. The zero-order valence-corrected chi connectivity index (χ0v) is 16.4. The van der Waals surface area contributed by atoms with Crippen LogP contribution in [0.5, 0.6) is 0 Å². The van der Waals surface area contributed by atoms with E-state index >= 15 is 0 Å². The van der Waals surface area contributed by atoms with Crippen molar-refractivity contribution in [2.75, 3.05) is 0 Å². The van der Waals surface area contributed by atoms with Crippen LogP contribution in [0, 0.1) is 6.92 Å². The molecule has 0 fully saturated rings. The standard InChI is InChI=1S/C25H20ClN/c1-15-13-16(22-12-11-18-21(26)9-6-10-23(18)27-22)14-20-24(15)17-7-4-5-8-19(17)25(20,2)3/h4-14H,1-3H3. The summed E-state index contributed by atoms with van der Waals surface area (Å²) in [7, 11) is 0. The van der Waals surface area contributed by atoms with Crippen LogP contribution in [0.15, 0.2) is 66.7 Å². The molecule has 0 atom stereocenters. The lowest BCUT2D eigenvalue weighted by molar-refractivity contribution is 0.660.